The Morgan fingerprint density at radius 3 is 2.52 bits per heavy atom. The van der Waals surface area contributed by atoms with E-state index in [-0.39, 0.29) is 22.8 Å². The number of rotatable bonds is 5. The van der Waals surface area contributed by atoms with Gasteiger partial charge in [0.05, 0.1) is 48.9 Å². The molecule has 0 unspecified atom stereocenters. The van der Waals surface area contributed by atoms with Crippen molar-refractivity contribution in [1.29, 1.82) is 0 Å². The molecule has 1 saturated heterocycles. The van der Waals surface area contributed by atoms with E-state index in [1.807, 2.05) is 49.9 Å². The lowest BCUT2D eigenvalue weighted by Gasteiger charge is -2.33. The van der Waals surface area contributed by atoms with Gasteiger partial charge in [-0.05, 0) is 39.8 Å². The predicted molar refractivity (Wildman–Crippen MR) is 110 cm³/mol. The molecule has 0 spiro atoms. The number of piperazine rings is 1. The van der Waals surface area contributed by atoms with Gasteiger partial charge < -0.3 is 9.80 Å². The molecule has 1 amide bonds. The first-order valence-electron chi connectivity index (χ1n) is 9.72. The molecular formula is C20H29N4O2S+. The maximum Gasteiger partial charge on any atom is 0.262 e. The second-order valence-electron chi connectivity index (χ2n) is 7.37. The highest BCUT2D eigenvalue weighted by Gasteiger charge is 2.28. The third kappa shape index (κ3) is 4.19. The zero-order valence-corrected chi connectivity index (χ0v) is 17.4. The average molecular weight is 390 g/mol. The fourth-order valence-electron chi connectivity index (χ4n) is 3.53. The molecule has 0 bridgehead atoms. The van der Waals surface area contributed by atoms with Crippen molar-refractivity contribution in [3.8, 4) is 0 Å². The van der Waals surface area contributed by atoms with Gasteiger partial charge in [0, 0.05) is 6.04 Å². The van der Waals surface area contributed by atoms with Crippen LogP contribution >= 0.6 is 11.8 Å². The molecule has 0 radical (unpaired) electrons. The fourth-order valence-corrected chi connectivity index (χ4v) is 4.65. The number of para-hydroxylation sites is 1. The largest absolute Gasteiger partial charge is 0.332 e. The summed E-state index contributed by atoms with van der Waals surface area (Å²) in [7, 11) is 0. The molecule has 7 heteroatoms. The summed E-state index contributed by atoms with van der Waals surface area (Å²) >= 11 is 1.39. The van der Waals surface area contributed by atoms with Crippen LogP contribution in [0.25, 0.3) is 10.9 Å². The molecule has 1 atom stereocenters. The van der Waals surface area contributed by atoms with E-state index in [0.717, 1.165) is 32.7 Å². The molecule has 6 nitrogen and oxygen atoms in total. The number of quaternary nitrogens is 1. The van der Waals surface area contributed by atoms with Gasteiger partial charge in [-0.15, -0.1) is 0 Å². The number of thioether (sulfide) groups is 1. The summed E-state index contributed by atoms with van der Waals surface area (Å²) in [5.41, 5.74) is 0.639. The number of nitrogens with one attached hydrogen (secondary N) is 1. The summed E-state index contributed by atoms with van der Waals surface area (Å²) in [4.78, 5) is 34.0. The van der Waals surface area contributed by atoms with Gasteiger partial charge in [-0.1, -0.05) is 23.9 Å². The summed E-state index contributed by atoms with van der Waals surface area (Å²) in [6.07, 6.45) is 0. The number of hydrogen-bond donors (Lipinski definition) is 1. The molecule has 1 N–H and O–H groups in total. The first-order chi connectivity index (χ1) is 12.9. The molecule has 146 valence electrons. The number of benzene rings is 1. The summed E-state index contributed by atoms with van der Waals surface area (Å²) in [6.45, 7) is 12.8. The van der Waals surface area contributed by atoms with Crippen LogP contribution in [-0.2, 0) is 4.79 Å². The monoisotopic (exact) mass is 389 g/mol. The number of carbonyl (C=O) groups is 1. The first kappa shape index (κ1) is 19.9. The lowest BCUT2D eigenvalue weighted by molar-refractivity contribution is -0.902. The topological polar surface area (TPSA) is 59.6 Å². The summed E-state index contributed by atoms with van der Waals surface area (Å²) in [5.74, 6) is 0.132. The molecule has 1 aromatic carbocycles. The highest BCUT2D eigenvalue weighted by molar-refractivity contribution is 8.00. The van der Waals surface area contributed by atoms with Crippen LogP contribution in [0, 0.1) is 0 Å². The van der Waals surface area contributed by atoms with Crippen molar-refractivity contribution < 1.29 is 9.69 Å². The summed E-state index contributed by atoms with van der Waals surface area (Å²) in [5, 5.41) is 0.965. The van der Waals surface area contributed by atoms with Gasteiger partial charge in [-0.3, -0.25) is 14.2 Å². The maximum atomic E-state index is 12.9. The van der Waals surface area contributed by atoms with Gasteiger partial charge >= 0.3 is 0 Å². The van der Waals surface area contributed by atoms with Crippen molar-refractivity contribution in [2.24, 2.45) is 0 Å². The Labute approximate surface area is 164 Å². The zero-order chi connectivity index (χ0) is 19.6. The SMILES string of the molecule is CC[NH+]1CCN(C(=O)[C@H](C)Sc2nc3ccccc3c(=O)n2C(C)C)CC1. The molecule has 2 aromatic rings. The van der Waals surface area contributed by atoms with Crippen molar-refractivity contribution in [3.05, 3.63) is 34.6 Å². The minimum absolute atomic E-state index is 0.0175. The third-order valence-electron chi connectivity index (χ3n) is 5.20. The summed E-state index contributed by atoms with van der Waals surface area (Å²) in [6, 6.07) is 7.38. The Hall–Kier alpha value is -1.86. The lowest BCUT2D eigenvalue weighted by atomic mass is 10.2. The molecule has 3 rings (SSSR count). The lowest BCUT2D eigenvalue weighted by Crippen LogP contribution is -3.14. The predicted octanol–water partition coefficient (Wildman–Crippen LogP) is 1.20. The minimum Gasteiger partial charge on any atom is -0.332 e. The van der Waals surface area contributed by atoms with Crippen molar-refractivity contribution in [2.75, 3.05) is 32.7 Å². The Morgan fingerprint density at radius 2 is 1.89 bits per heavy atom. The van der Waals surface area contributed by atoms with E-state index >= 15 is 0 Å². The van der Waals surface area contributed by atoms with E-state index < -0.39 is 0 Å². The van der Waals surface area contributed by atoms with E-state index in [1.54, 1.807) is 9.47 Å². The molecule has 1 aromatic heterocycles. The maximum absolute atomic E-state index is 12.9. The van der Waals surface area contributed by atoms with Crippen LogP contribution in [0.15, 0.2) is 34.2 Å². The molecule has 0 saturated carbocycles. The average Bonchev–Trinajstić information content (AvgIpc) is 2.67. The molecule has 0 aliphatic carbocycles. The van der Waals surface area contributed by atoms with E-state index in [0.29, 0.717) is 16.1 Å². The summed E-state index contributed by atoms with van der Waals surface area (Å²) < 4.78 is 1.70. The van der Waals surface area contributed by atoms with Crippen LogP contribution < -0.4 is 10.5 Å². The third-order valence-corrected chi connectivity index (χ3v) is 6.26. The Balaban J connectivity index is 1.84. The smallest absolute Gasteiger partial charge is 0.262 e. The van der Waals surface area contributed by atoms with Crippen LogP contribution in [0.5, 0.6) is 0 Å². The van der Waals surface area contributed by atoms with Gasteiger partial charge in [0.1, 0.15) is 0 Å². The van der Waals surface area contributed by atoms with Gasteiger partial charge in [-0.2, -0.15) is 0 Å². The second-order valence-corrected chi connectivity index (χ2v) is 8.68. The highest BCUT2D eigenvalue weighted by atomic mass is 32.2. The quantitative estimate of drug-likeness (QED) is 0.617. The molecule has 1 aliphatic heterocycles. The number of nitrogens with zero attached hydrogens (tertiary/aromatic N) is 3. The fraction of sp³-hybridized carbons (Fsp3) is 0.550. The van der Waals surface area contributed by atoms with Gasteiger partial charge in [0.15, 0.2) is 5.16 Å². The van der Waals surface area contributed by atoms with Crippen molar-refractivity contribution in [2.45, 2.75) is 44.1 Å². The normalized spacial score (nSPS) is 16.9. The second kappa shape index (κ2) is 8.44. The van der Waals surface area contributed by atoms with E-state index in [4.69, 9.17) is 4.98 Å². The Bertz CT molecular complexity index is 872. The van der Waals surface area contributed by atoms with E-state index in [9.17, 15) is 9.59 Å². The van der Waals surface area contributed by atoms with Gasteiger partial charge in [-0.25, -0.2) is 4.98 Å². The number of fused-ring (bicyclic) bond motifs is 1. The van der Waals surface area contributed by atoms with Gasteiger partial charge in [0.2, 0.25) is 5.91 Å². The minimum atomic E-state index is -0.272. The van der Waals surface area contributed by atoms with E-state index in [2.05, 4.69) is 6.92 Å². The highest BCUT2D eigenvalue weighted by Crippen LogP contribution is 2.25. The van der Waals surface area contributed by atoms with Crippen molar-refractivity contribution >= 4 is 28.6 Å². The molecule has 27 heavy (non-hydrogen) atoms. The van der Waals surface area contributed by atoms with Crippen LogP contribution in [-0.4, -0.2) is 58.3 Å². The van der Waals surface area contributed by atoms with Gasteiger partial charge in [0.25, 0.3) is 5.56 Å². The van der Waals surface area contributed by atoms with Crippen LogP contribution in [0.2, 0.25) is 0 Å². The molecule has 1 aliphatic rings. The zero-order valence-electron chi connectivity index (χ0n) is 16.6. The number of amides is 1. The number of aromatic nitrogens is 2. The number of likely N-dealkylation sites (N-methyl/N-ethyl adjacent to an activating group) is 1. The van der Waals surface area contributed by atoms with Crippen molar-refractivity contribution in [3.63, 3.8) is 0 Å². The first-order valence-corrected chi connectivity index (χ1v) is 10.6. The standard InChI is InChI=1S/C20H28N4O2S/c1-5-22-10-12-23(13-11-22)18(25)15(4)27-20-21-17-9-7-6-8-16(17)19(26)24(20)14(2)3/h6-9,14-15H,5,10-13H2,1-4H3/p+1/t15-/m0/s1. The van der Waals surface area contributed by atoms with E-state index in [1.165, 1.54) is 11.8 Å². The Morgan fingerprint density at radius 1 is 1.22 bits per heavy atom. The Kier molecular flexibility index (Phi) is 6.22. The van der Waals surface area contributed by atoms with Crippen LogP contribution in [0.4, 0.5) is 0 Å². The van der Waals surface area contributed by atoms with Crippen LogP contribution in [0.1, 0.15) is 33.7 Å². The molecule has 2 heterocycles. The molecular weight excluding hydrogens is 360 g/mol. The van der Waals surface area contributed by atoms with Crippen LogP contribution in [0.3, 0.4) is 0 Å². The molecule has 1 fully saturated rings. The van der Waals surface area contributed by atoms with Crippen molar-refractivity contribution in [1.82, 2.24) is 14.5 Å². The number of carbonyl (C=O) groups excluding carboxylic acids is 1. The number of hydrogen-bond acceptors (Lipinski definition) is 4.